The summed E-state index contributed by atoms with van der Waals surface area (Å²) in [5.74, 6) is -0.811. The highest BCUT2D eigenvalue weighted by Crippen LogP contribution is 2.37. The molecule has 1 aromatic carbocycles. The molecular formula is C22H29ClFN5O6. The van der Waals surface area contributed by atoms with Crippen LogP contribution in [0, 0.1) is 5.82 Å². The van der Waals surface area contributed by atoms with Crippen LogP contribution in [0.5, 0.6) is 0 Å². The van der Waals surface area contributed by atoms with Crippen molar-refractivity contribution in [2.75, 3.05) is 23.4 Å². The minimum Gasteiger partial charge on any atom is -0.464 e. The predicted molar refractivity (Wildman–Crippen MR) is 130 cm³/mol. The molecule has 35 heavy (non-hydrogen) atoms. The summed E-state index contributed by atoms with van der Waals surface area (Å²) in [5.41, 5.74) is -0.878. The molecular weight excluding hydrogens is 485 g/mol. The Labute approximate surface area is 205 Å². The van der Waals surface area contributed by atoms with E-state index >= 15 is 4.39 Å². The fourth-order valence-electron chi connectivity index (χ4n) is 4.04. The van der Waals surface area contributed by atoms with Gasteiger partial charge < -0.3 is 20.1 Å². The SMILES string of the molecule is CCC(C)n1c(=O)n(NC(=O)O)c(=O)c2cc(F)c(N3CCC(NC(=O)OC(C)(C)C)C3)c(Cl)c21. The molecule has 1 fully saturated rings. The molecule has 192 valence electrons. The lowest BCUT2D eigenvalue weighted by Crippen LogP contribution is -2.47. The fourth-order valence-corrected chi connectivity index (χ4v) is 4.44. The average Bonchev–Trinajstić information content (AvgIpc) is 3.17. The van der Waals surface area contributed by atoms with Gasteiger partial charge in [-0.3, -0.25) is 9.36 Å². The zero-order valence-electron chi connectivity index (χ0n) is 20.1. The van der Waals surface area contributed by atoms with E-state index in [9.17, 15) is 19.2 Å². The predicted octanol–water partition coefficient (Wildman–Crippen LogP) is 3.25. The summed E-state index contributed by atoms with van der Waals surface area (Å²) in [5, 5.41) is 11.4. The quantitative estimate of drug-likeness (QED) is 0.558. The minimum absolute atomic E-state index is 0.00699. The highest BCUT2D eigenvalue weighted by molar-refractivity contribution is 6.38. The van der Waals surface area contributed by atoms with Crippen molar-refractivity contribution in [1.29, 1.82) is 0 Å². The van der Waals surface area contributed by atoms with E-state index in [-0.39, 0.29) is 34.2 Å². The molecule has 3 rings (SSSR count). The second kappa shape index (κ2) is 9.76. The molecule has 2 amide bonds. The van der Waals surface area contributed by atoms with Crippen LogP contribution < -0.4 is 26.9 Å². The molecule has 0 radical (unpaired) electrons. The maximum atomic E-state index is 15.3. The first-order valence-electron chi connectivity index (χ1n) is 11.2. The highest BCUT2D eigenvalue weighted by Gasteiger charge is 2.31. The van der Waals surface area contributed by atoms with Gasteiger partial charge in [-0.15, -0.1) is 0 Å². The zero-order chi connectivity index (χ0) is 26.2. The molecule has 1 aliphatic rings. The molecule has 11 nitrogen and oxygen atoms in total. The molecule has 2 heterocycles. The molecule has 3 N–H and O–H groups in total. The van der Waals surface area contributed by atoms with Gasteiger partial charge in [-0.05, 0) is 46.6 Å². The Morgan fingerprint density at radius 3 is 2.57 bits per heavy atom. The number of carbonyl (C=O) groups is 2. The second-order valence-electron chi connectivity index (χ2n) is 9.46. The first-order chi connectivity index (χ1) is 16.2. The Balaban J connectivity index is 2.09. The monoisotopic (exact) mass is 513 g/mol. The summed E-state index contributed by atoms with van der Waals surface area (Å²) in [7, 11) is 0. The smallest absolute Gasteiger partial charge is 0.424 e. The molecule has 1 saturated heterocycles. The van der Waals surface area contributed by atoms with Crippen molar-refractivity contribution in [3.8, 4) is 0 Å². The van der Waals surface area contributed by atoms with Crippen LogP contribution in [0.3, 0.4) is 0 Å². The molecule has 0 bridgehead atoms. The number of alkyl carbamates (subject to hydrolysis) is 1. The van der Waals surface area contributed by atoms with Gasteiger partial charge in [0.05, 0.1) is 27.7 Å². The van der Waals surface area contributed by atoms with E-state index in [4.69, 9.17) is 21.4 Å². The van der Waals surface area contributed by atoms with Gasteiger partial charge in [0.1, 0.15) is 11.4 Å². The van der Waals surface area contributed by atoms with Crippen LogP contribution in [-0.2, 0) is 4.74 Å². The van der Waals surface area contributed by atoms with E-state index in [0.29, 0.717) is 24.1 Å². The number of halogens is 2. The second-order valence-corrected chi connectivity index (χ2v) is 9.84. The highest BCUT2D eigenvalue weighted by atomic mass is 35.5. The number of nitrogens with one attached hydrogen (secondary N) is 2. The van der Waals surface area contributed by atoms with Crippen LogP contribution >= 0.6 is 11.6 Å². The third-order valence-corrected chi connectivity index (χ3v) is 6.06. The number of amides is 2. The number of ether oxygens (including phenoxy) is 1. The average molecular weight is 514 g/mol. The van der Waals surface area contributed by atoms with Crippen molar-refractivity contribution in [3.05, 3.63) is 37.7 Å². The maximum absolute atomic E-state index is 15.3. The number of nitrogens with zero attached hydrogens (tertiary/aromatic N) is 3. The van der Waals surface area contributed by atoms with Crippen molar-refractivity contribution in [1.82, 2.24) is 14.6 Å². The van der Waals surface area contributed by atoms with E-state index in [1.54, 1.807) is 44.9 Å². The molecule has 2 unspecified atom stereocenters. The van der Waals surface area contributed by atoms with Crippen LogP contribution in [0.4, 0.5) is 19.7 Å². The molecule has 2 aromatic rings. The minimum atomic E-state index is -1.62. The van der Waals surface area contributed by atoms with Crippen molar-refractivity contribution >= 4 is 40.4 Å². The summed E-state index contributed by atoms with van der Waals surface area (Å²) in [6, 6.07) is 0.134. The van der Waals surface area contributed by atoms with E-state index in [2.05, 4.69) is 5.32 Å². The van der Waals surface area contributed by atoms with Gasteiger partial charge in [-0.1, -0.05) is 18.5 Å². The van der Waals surface area contributed by atoms with Crippen molar-refractivity contribution < 1.29 is 23.8 Å². The number of carbonyl (C=O) groups excluding carboxylic acids is 1. The standard InChI is InChI=1S/C22H29ClFN5O6/c1-6-11(2)28-16-13(18(30)29(21(28)34)26-19(31)32)9-14(24)17(15(16)23)27-8-7-12(10-27)25-20(33)35-22(3,4)5/h9,11-12,26H,6-8,10H2,1-5H3,(H,25,33)(H,31,32). The molecule has 0 spiro atoms. The van der Waals surface area contributed by atoms with Gasteiger partial charge in [0.2, 0.25) is 0 Å². The molecule has 13 heteroatoms. The van der Waals surface area contributed by atoms with Crippen molar-refractivity contribution in [3.63, 3.8) is 0 Å². The van der Waals surface area contributed by atoms with Crippen LogP contribution in [-0.4, -0.2) is 51.3 Å². The molecule has 1 aliphatic heterocycles. The number of rotatable bonds is 5. The van der Waals surface area contributed by atoms with Gasteiger partial charge >= 0.3 is 17.9 Å². The van der Waals surface area contributed by atoms with Gasteiger partial charge in [-0.25, -0.2) is 24.2 Å². The number of hydrogen-bond acceptors (Lipinski definition) is 6. The summed E-state index contributed by atoms with van der Waals surface area (Å²) in [6.45, 7) is 9.32. The lowest BCUT2D eigenvalue weighted by molar-refractivity contribution is 0.0509. The van der Waals surface area contributed by atoms with Crippen molar-refractivity contribution in [2.24, 2.45) is 0 Å². The van der Waals surface area contributed by atoms with Crippen LogP contribution in [0.15, 0.2) is 15.7 Å². The third kappa shape index (κ3) is 5.37. The zero-order valence-corrected chi connectivity index (χ0v) is 20.9. The summed E-state index contributed by atoms with van der Waals surface area (Å²) < 4.78 is 22.1. The van der Waals surface area contributed by atoms with Crippen LogP contribution in [0.1, 0.15) is 53.5 Å². The number of aromatic nitrogens is 2. The first kappa shape index (κ1) is 26.3. The van der Waals surface area contributed by atoms with Crippen molar-refractivity contribution in [2.45, 2.75) is 65.1 Å². The lowest BCUT2D eigenvalue weighted by Gasteiger charge is -2.25. The Kier molecular flexibility index (Phi) is 7.34. The lowest BCUT2D eigenvalue weighted by atomic mass is 10.1. The van der Waals surface area contributed by atoms with E-state index in [1.165, 1.54) is 4.57 Å². The van der Waals surface area contributed by atoms with E-state index in [0.717, 1.165) is 6.07 Å². The summed E-state index contributed by atoms with van der Waals surface area (Å²) in [6.07, 6.45) is -1.26. The molecule has 2 atom stereocenters. The number of anilines is 1. The van der Waals surface area contributed by atoms with Gasteiger partial charge in [0, 0.05) is 19.1 Å². The van der Waals surface area contributed by atoms with E-state index in [1.807, 2.05) is 0 Å². The normalized spacial score (nSPS) is 16.9. The Morgan fingerprint density at radius 2 is 2.00 bits per heavy atom. The summed E-state index contributed by atoms with van der Waals surface area (Å²) in [4.78, 5) is 50.9. The molecule has 0 saturated carbocycles. The summed E-state index contributed by atoms with van der Waals surface area (Å²) >= 11 is 6.64. The number of carboxylic acid groups (broad SMARTS) is 1. The Hall–Kier alpha value is -3.28. The van der Waals surface area contributed by atoms with Crippen LogP contribution in [0.2, 0.25) is 5.02 Å². The van der Waals surface area contributed by atoms with Gasteiger partial charge in [0.15, 0.2) is 0 Å². The first-order valence-corrected chi connectivity index (χ1v) is 11.6. The molecule has 0 aliphatic carbocycles. The topological polar surface area (TPSA) is 135 Å². The Bertz CT molecular complexity index is 1280. The van der Waals surface area contributed by atoms with Crippen LogP contribution in [0.25, 0.3) is 10.9 Å². The molecule has 1 aromatic heterocycles. The number of fused-ring (bicyclic) bond motifs is 1. The van der Waals surface area contributed by atoms with Gasteiger partial charge in [0.25, 0.3) is 5.56 Å². The fraction of sp³-hybridized carbons (Fsp3) is 0.545. The maximum Gasteiger partial charge on any atom is 0.424 e. The Morgan fingerprint density at radius 1 is 1.34 bits per heavy atom. The number of hydrogen-bond donors (Lipinski definition) is 3. The largest absolute Gasteiger partial charge is 0.464 e. The third-order valence-electron chi connectivity index (χ3n) is 5.70. The van der Waals surface area contributed by atoms with E-state index < -0.39 is 40.9 Å². The van der Waals surface area contributed by atoms with Gasteiger partial charge in [-0.2, -0.15) is 4.68 Å². The number of benzene rings is 1.